The Hall–Kier alpha value is -5.89. The van der Waals surface area contributed by atoms with E-state index in [0.717, 1.165) is 22.5 Å². The number of aromatic nitrogens is 1. The molecule has 2 aromatic rings. The summed E-state index contributed by atoms with van der Waals surface area (Å²) >= 11 is 2.42. The Morgan fingerprint density at radius 2 is 1.44 bits per heavy atom. The minimum atomic E-state index is -1.28. The van der Waals surface area contributed by atoms with Gasteiger partial charge in [0.2, 0.25) is 35.4 Å². The molecule has 0 radical (unpaired) electrons. The summed E-state index contributed by atoms with van der Waals surface area (Å²) in [5.74, 6) is -5.36. The van der Waals surface area contributed by atoms with Crippen LogP contribution in [0.4, 0.5) is 4.79 Å². The van der Waals surface area contributed by atoms with Gasteiger partial charge in [-0.2, -0.15) is 11.8 Å². The zero-order valence-electron chi connectivity index (χ0n) is 50.9. The normalized spacial score (nSPS) is 14.8. The van der Waals surface area contributed by atoms with Gasteiger partial charge >= 0.3 is 12.1 Å². The highest BCUT2D eigenvalue weighted by Gasteiger charge is 2.39. The van der Waals surface area contributed by atoms with Crippen molar-refractivity contribution in [3.8, 4) is 0 Å². The molecule has 0 aliphatic heterocycles. The Bertz CT molecular complexity index is 2370. The molecule has 0 aliphatic rings. The first-order valence-corrected chi connectivity index (χ1v) is 30.3. The molecule has 0 bridgehead atoms. The molecule has 82 heavy (non-hydrogen) atoms. The third-order valence-electron chi connectivity index (χ3n) is 14.4. The van der Waals surface area contributed by atoms with Gasteiger partial charge in [-0.15, -0.1) is 11.3 Å². The van der Waals surface area contributed by atoms with Crippen LogP contribution in [0.15, 0.2) is 29.6 Å². The number of aliphatic carboxylic acids is 1. The molecule has 1 heterocycles. The van der Waals surface area contributed by atoms with Gasteiger partial charge in [0.25, 0.3) is 5.91 Å². The van der Waals surface area contributed by atoms with Crippen molar-refractivity contribution in [2.45, 2.75) is 162 Å². The van der Waals surface area contributed by atoms with Gasteiger partial charge in [-0.1, -0.05) is 70.9 Å². The summed E-state index contributed by atoms with van der Waals surface area (Å²) in [7, 11) is 6.70. The van der Waals surface area contributed by atoms with Gasteiger partial charge in [0.05, 0.1) is 37.0 Å². The second kappa shape index (κ2) is 36.6. The van der Waals surface area contributed by atoms with Gasteiger partial charge < -0.3 is 61.4 Å². The second-order valence-electron chi connectivity index (χ2n) is 21.9. The van der Waals surface area contributed by atoms with Crippen LogP contribution >= 0.6 is 23.1 Å². The summed E-state index contributed by atoms with van der Waals surface area (Å²) in [5.41, 5.74) is 0.951. The van der Waals surface area contributed by atoms with Crippen LogP contribution in [0.1, 0.15) is 134 Å². The Morgan fingerprint density at radius 1 is 0.793 bits per heavy atom. The molecule has 23 nitrogen and oxygen atoms in total. The van der Waals surface area contributed by atoms with Crippen LogP contribution in [0.25, 0.3) is 0 Å². The minimum absolute atomic E-state index is 0.0265. The molecule has 9 atom stereocenters. The number of alkyl carbamates (subject to hydrolysis) is 1. The van der Waals surface area contributed by atoms with E-state index in [1.807, 2.05) is 65.1 Å². The average molecular weight is 1190 g/mol. The Balaban J connectivity index is 2.45. The van der Waals surface area contributed by atoms with Gasteiger partial charge in [0.15, 0.2) is 6.10 Å². The number of hydrogen-bond donors (Lipinski definition) is 8. The van der Waals surface area contributed by atoms with Crippen LogP contribution in [0, 0.1) is 24.7 Å². The number of amides is 8. The number of nitrogens with zero attached hydrogens (tertiary/aromatic N) is 3. The molecule has 2 rings (SSSR count). The molecule has 0 spiro atoms. The number of hydrogen-bond acceptors (Lipinski definition) is 16. The van der Waals surface area contributed by atoms with Crippen molar-refractivity contribution in [1.82, 2.24) is 52.0 Å². The van der Waals surface area contributed by atoms with E-state index < -0.39 is 89.5 Å². The van der Waals surface area contributed by atoms with Crippen molar-refractivity contribution < 1.29 is 62.5 Å². The van der Waals surface area contributed by atoms with Crippen LogP contribution in [-0.2, 0) is 54.2 Å². The number of carbonyl (C=O) groups is 9. The van der Waals surface area contributed by atoms with Crippen molar-refractivity contribution in [2.75, 3.05) is 73.2 Å². The number of thioether (sulfide) groups is 1. The van der Waals surface area contributed by atoms with Gasteiger partial charge in [-0.3, -0.25) is 43.3 Å². The third kappa shape index (κ3) is 24.9. The summed E-state index contributed by atoms with van der Waals surface area (Å²) in [6.45, 7) is 18.9. The molecule has 1 aromatic carbocycles. The largest absolute Gasteiger partial charge is 0.481 e. The van der Waals surface area contributed by atoms with Crippen molar-refractivity contribution >= 4 is 76.5 Å². The Kier molecular flexibility index (Phi) is 32.3. The first-order valence-electron chi connectivity index (χ1n) is 28.1. The van der Waals surface area contributed by atoms with E-state index in [2.05, 4.69) is 42.2 Å². The summed E-state index contributed by atoms with van der Waals surface area (Å²) in [5, 5.41) is 30.8. The monoisotopic (exact) mass is 1190 g/mol. The first kappa shape index (κ1) is 72.2. The highest BCUT2D eigenvalue weighted by Crippen LogP contribution is 2.31. The second-order valence-corrected chi connectivity index (χ2v) is 23.7. The number of ether oxygens (including phenoxy) is 3. The number of rotatable bonds is 38. The van der Waals surface area contributed by atoms with Gasteiger partial charge in [-0.05, 0) is 104 Å². The lowest BCUT2D eigenvalue weighted by Gasteiger charge is -2.38. The topological polar surface area (TPSA) is 305 Å². The maximum Gasteiger partial charge on any atom is 0.408 e. The molecular weight excluding hydrogens is 1100 g/mol. The van der Waals surface area contributed by atoms with E-state index in [4.69, 9.17) is 14.2 Å². The number of thiazole rings is 1. The number of benzene rings is 1. The molecule has 1 aromatic heterocycles. The first-order chi connectivity index (χ1) is 38.6. The maximum atomic E-state index is 14.6. The molecule has 8 amide bonds. The zero-order chi connectivity index (χ0) is 61.9. The lowest BCUT2D eigenvalue weighted by molar-refractivity contribution is -0.142. The summed E-state index contributed by atoms with van der Waals surface area (Å²) in [4.78, 5) is 129. The van der Waals surface area contributed by atoms with E-state index >= 15 is 0 Å². The van der Waals surface area contributed by atoms with E-state index in [9.17, 15) is 48.3 Å². The van der Waals surface area contributed by atoms with Crippen molar-refractivity contribution in [3.63, 3.8) is 0 Å². The van der Waals surface area contributed by atoms with Crippen molar-refractivity contribution in [1.29, 1.82) is 0 Å². The molecule has 0 saturated heterocycles. The summed E-state index contributed by atoms with van der Waals surface area (Å²) in [6.07, 6.45) is 1.77. The Morgan fingerprint density at radius 3 is 2.04 bits per heavy atom. The molecule has 0 aliphatic carbocycles. The fraction of sp³-hybridized carbons (Fsp3) is 0.684. The maximum absolute atomic E-state index is 14.6. The van der Waals surface area contributed by atoms with Gasteiger partial charge in [0, 0.05) is 51.1 Å². The molecule has 462 valence electrons. The fourth-order valence-electron chi connectivity index (χ4n) is 8.28. The van der Waals surface area contributed by atoms with Crippen molar-refractivity contribution in [3.05, 3.63) is 51.5 Å². The number of unbranched alkanes of at least 4 members (excludes halogenated alkanes) is 1. The Labute approximate surface area is 493 Å². The molecule has 8 N–H and O–H groups in total. The molecule has 0 saturated carbocycles. The van der Waals surface area contributed by atoms with Crippen LogP contribution in [0.5, 0.6) is 0 Å². The predicted octanol–water partition coefficient (Wildman–Crippen LogP) is 4.22. The van der Waals surface area contributed by atoms with Gasteiger partial charge in [-0.25, -0.2) is 9.78 Å². The number of nitrogens with one attached hydrogen (secondary N) is 7. The SMILES string of the molecule is CCC(C)[C@H](NC(=O)C(C)(C)N(C)C)C(=O)N(C)[C@H](C[C@@H](OC(=O)NC(C)C(=O)NC(C)C(=O)NC(CCCCNC(=O)CSC)C(=O)NCCOCCOC)c1nc(C(=O)N[C@@H](Cc2ccc(C)cc2)CC(C)C(=O)O)cs1)C(C)C. The van der Waals surface area contributed by atoms with Crippen LogP contribution < -0.4 is 37.2 Å². The van der Waals surface area contributed by atoms with Crippen molar-refractivity contribution in [2.24, 2.45) is 17.8 Å². The highest BCUT2D eigenvalue weighted by atomic mass is 32.2. The fourth-order valence-corrected chi connectivity index (χ4v) is 9.49. The van der Waals surface area contributed by atoms with E-state index in [0.29, 0.717) is 51.2 Å². The van der Waals surface area contributed by atoms with E-state index in [1.165, 1.54) is 35.9 Å². The number of methoxy groups -OCH3 is 1. The number of carboxylic acids is 1. The number of carboxylic acid groups (broad SMARTS) is 1. The zero-order valence-corrected chi connectivity index (χ0v) is 52.5. The lowest BCUT2D eigenvalue weighted by Crippen LogP contribution is -2.60. The highest BCUT2D eigenvalue weighted by molar-refractivity contribution is 7.99. The lowest BCUT2D eigenvalue weighted by atomic mass is 9.92. The molecule has 25 heteroatoms. The summed E-state index contributed by atoms with van der Waals surface area (Å²) < 4.78 is 16.5. The number of likely N-dealkylation sites (N-methyl/N-ethyl adjacent to an activating group) is 2. The number of aryl methyl sites for hydroxylation is 1. The third-order valence-corrected chi connectivity index (χ3v) is 15.9. The molecule has 0 fully saturated rings. The molecular formula is C57H94N10O13S2. The minimum Gasteiger partial charge on any atom is -0.481 e. The van der Waals surface area contributed by atoms with Crippen LogP contribution in [-0.4, -0.2) is 188 Å². The molecule has 5 unspecified atom stereocenters. The van der Waals surface area contributed by atoms with Crippen LogP contribution in [0.3, 0.4) is 0 Å². The average Bonchev–Trinajstić information content (AvgIpc) is 4.06. The van der Waals surface area contributed by atoms with Gasteiger partial charge in [0.1, 0.15) is 34.9 Å². The van der Waals surface area contributed by atoms with Crippen LogP contribution in [0.2, 0.25) is 0 Å². The number of carbonyl (C=O) groups excluding carboxylic acids is 8. The predicted molar refractivity (Wildman–Crippen MR) is 317 cm³/mol. The summed E-state index contributed by atoms with van der Waals surface area (Å²) in [6, 6.07) is 2.07. The quantitative estimate of drug-likeness (QED) is 0.0437. The van der Waals surface area contributed by atoms with E-state index in [1.54, 1.807) is 53.9 Å². The smallest absolute Gasteiger partial charge is 0.408 e. The standard InChI is InChI=1S/C57H94N10O13S2/c1-16-36(5)47(65-55(76)57(9,10)66(11)12)53(73)67(13)44(34(2)3)31-45(52-64-43(32-82-52)51(72)62-41(29-37(6)54(74)75)30-40-22-20-35(4)21-23-40)80-56(77)61-39(8)48(69)60-38(7)49(70)63-42(19-17-18-24-58-46(68)33-81-15)50(71)59-25-26-79-28-27-78-14/h20-23,32,34,36-39,41-42,44-45,47H,16-19,24-31,33H2,1-15H3,(H,58,68)(H,59,71)(H,60,69)(H,61,77)(H,62,72)(H,63,70)(H,65,76)(H,74,75)/t36?,37?,38?,39?,41-,42?,44-,45-,47+/m1/s1. The van der Waals surface area contributed by atoms with E-state index in [-0.39, 0.29) is 72.7 Å².